The van der Waals surface area contributed by atoms with E-state index in [1.807, 2.05) is 0 Å². The first-order valence-electron chi connectivity index (χ1n) is 6.28. The maximum absolute atomic E-state index is 11.9. The molecule has 0 heterocycles. The zero-order valence-electron chi connectivity index (χ0n) is 11.3. The van der Waals surface area contributed by atoms with Crippen molar-refractivity contribution in [3.05, 3.63) is 58.1 Å². The zero-order valence-corrected chi connectivity index (χ0v) is 12.8. The summed E-state index contributed by atoms with van der Waals surface area (Å²) in [6.45, 7) is 0. The van der Waals surface area contributed by atoms with Gasteiger partial charge in [-0.2, -0.15) is 0 Å². The average Bonchev–Trinajstić information content (AvgIpc) is 2.44. The molecule has 0 aromatic heterocycles. The third-order valence-electron chi connectivity index (χ3n) is 2.77. The van der Waals surface area contributed by atoms with Gasteiger partial charge < -0.3 is 10.4 Å². The van der Waals surface area contributed by atoms with E-state index in [-0.39, 0.29) is 12.3 Å². The summed E-state index contributed by atoms with van der Waals surface area (Å²) >= 11 is 11.7. The molecule has 3 N–H and O–H groups in total. The second-order valence-corrected chi connectivity index (χ2v) is 5.30. The summed E-state index contributed by atoms with van der Waals surface area (Å²) in [6, 6.07) is 11.4. The smallest absolute Gasteiger partial charge is 0.409 e. The van der Waals surface area contributed by atoms with Crippen molar-refractivity contribution >= 4 is 46.6 Å². The normalized spacial score (nSPS) is 10.1. The molecule has 22 heavy (non-hydrogen) atoms. The van der Waals surface area contributed by atoms with Gasteiger partial charge in [0.1, 0.15) is 0 Å². The highest BCUT2D eigenvalue weighted by Crippen LogP contribution is 2.25. The number of nitrogens with one attached hydrogen (secondary N) is 2. The first-order valence-corrected chi connectivity index (χ1v) is 7.03. The molecule has 2 aromatic rings. The van der Waals surface area contributed by atoms with Gasteiger partial charge in [-0.05, 0) is 35.9 Å². The number of halogens is 2. The zero-order chi connectivity index (χ0) is 16.1. The lowest BCUT2D eigenvalue weighted by molar-refractivity contribution is -0.115. The molecule has 0 aliphatic rings. The highest BCUT2D eigenvalue weighted by Gasteiger charge is 2.06. The number of hydrogen-bond acceptors (Lipinski definition) is 2. The lowest BCUT2D eigenvalue weighted by Crippen LogP contribution is -2.14. The van der Waals surface area contributed by atoms with Crippen LogP contribution in [0.5, 0.6) is 0 Å². The van der Waals surface area contributed by atoms with Crippen molar-refractivity contribution in [2.45, 2.75) is 6.42 Å². The van der Waals surface area contributed by atoms with Crippen LogP contribution in [0.2, 0.25) is 10.0 Å². The quantitative estimate of drug-likeness (QED) is 0.779. The minimum atomic E-state index is -1.13. The molecule has 0 saturated heterocycles. The predicted molar refractivity (Wildman–Crippen MR) is 86.9 cm³/mol. The van der Waals surface area contributed by atoms with Gasteiger partial charge in [-0.1, -0.05) is 35.3 Å². The molecule has 5 nitrogen and oxygen atoms in total. The first-order chi connectivity index (χ1) is 10.4. The standard InChI is InChI=1S/C15H12Cl2N2O3/c16-12-6-5-11(8-13(12)17)18-14(20)7-9-1-3-10(4-2-9)19-15(21)22/h1-6,8,19H,7H2,(H,18,20)(H,21,22). The highest BCUT2D eigenvalue weighted by molar-refractivity contribution is 6.42. The molecule has 0 bridgehead atoms. The molecule has 2 amide bonds. The monoisotopic (exact) mass is 338 g/mol. The Kier molecular flexibility index (Phi) is 5.25. The number of carboxylic acid groups (broad SMARTS) is 1. The Labute approximate surface area is 136 Å². The van der Waals surface area contributed by atoms with E-state index < -0.39 is 6.09 Å². The second-order valence-electron chi connectivity index (χ2n) is 4.48. The predicted octanol–water partition coefficient (Wildman–Crippen LogP) is 4.26. The fourth-order valence-electron chi connectivity index (χ4n) is 1.79. The Morgan fingerprint density at radius 3 is 2.14 bits per heavy atom. The van der Waals surface area contributed by atoms with Crippen LogP contribution in [0.15, 0.2) is 42.5 Å². The molecule has 0 radical (unpaired) electrons. The molecular weight excluding hydrogens is 327 g/mol. The van der Waals surface area contributed by atoms with E-state index in [4.69, 9.17) is 28.3 Å². The molecule has 0 unspecified atom stereocenters. The Morgan fingerprint density at radius 2 is 1.55 bits per heavy atom. The molecule has 0 spiro atoms. The Balaban J connectivity index is 1.96. The van der Waals surface area contributed by atoms with Gasteiger partial charge in [0.15, 0.2) is 0 Å². The van der Waals surface area contributed by atoms with Crippen molar-refractivity contribution in [2.75, 3.05) is 10.6 Å². The van der Waals surface area contributed by atoms with Gasteiger partial charge in [0.05, 0.1) is 16.5 Å². The van der Waals surface area contributed by atoms with E-state index in [2.05, 4.69) is 10.6 Å². The summed E-state index contributed by atoms with van der Waals surface area (Å²) in [7, 11) is 0. The summed E-state index contributed by atoms with van der Waals surface area (Å²) < 4.78 is 0. The number of hydrogen-bond donors (Lipinski definition) is 3. The van der Waals surface area contributed by atoms with E-state index in [9.17, 15) is 9.59 Å². The molecule has 0 aliphatic carbocycles. The van der Waals surface area contributed by atoms with Crippen molar-refractivity contribution in [3.63, 3.8) is 0 Å². The summed E-state index contributed by atoms with van der Waals surface area (Å²) in [4.78, 5) is 22.4. The number of carbonyl (C=O) groups excluding carboxylic acids is 1. The SMILES string of the molecule is O=C(O)Nc1ccc(CC(=O)Nc2ccc(Cl)c(Cl)c2)cc1. The topological polar surface area (TPSA) is 78.4 Å². The largest absolute Gasteiger partial charge is 0.465 e. The molecule has 7 heteroatoms. The molecule has 2 rings (SSSR count). The molecule has 114 valence electrons. The van der Waals surface area contributed by atoms with Crippen LogP contribution in [-0.2, 0) is 11.2 Å². The maximum Gasteiger partial charge on any atom is 0.409 e. The molecular formula is C15H12Cl2N2O3. The molecule has 0 atom stereocenters. The van der Waals surface area contributed by atoms with Crippen LogP contribution < -0.4 is 10.6 Å². The molecule has 0 saturated carbocycles. The minimum absolute atomic E-state index is 0.160. The molecule has 0 fully saturated rings. The lowest BCUT2D eigenvalue weighted by Gasteiger charge is -2.07. The van der Waals surface area contributed by atoms with Gasteiger partial charge in [0.25, 0.3) is 0 Å². The Hall–Kier alpha value is -2.24. The van der Waals surface area contributed by atoms with Crippen LogP contribution in [-0.4, -0.2) is 17.1 Å². The minimum Gasteiger partial charge on any atom is -0.465 e. The third kappa shape index (κ3) is 4.65. The summed E-state index contributed by atoms with van der Waals surface area (Å²) in [5.41, 5.74) is 1.76. The van der Waals surface area contributed by atoms with Crippen LogP contribution in [0.25, 0.3) is 0 Å². The van der Waals surface area contributed by atoms with Crippen molar-refractivity contribution in [1.82, 2.24) is 0 Å². The van der Waals surface area contributed by atoms with E-state index in [0.29, 0.717) is 21.4 Å². The van der Waals surface area contributed by atoms with Gasteiger partial charge in [0, 0.05) is 11.4 Å². The van der Waals surface area contributed by atoms with Gasteiger partial charge >= 0.3 is 6.09 Å². The fraction of sp³-hybridized carbons (Fsp3) is 0.0667. The van der Waals surface area contributed by atoms with Gasteiger partial charge in [-0.15, -0.1) is 0 Å². The maximum atomic E-state index is 11.9. The van der Waals surface area contributed by atoms with E-state index in [1.54, 1.807) is 42.5 Å². The number of amides is 2. The first kappa shape index (κ1) is 16.1. The van der Waals surface area contributed by atoms with Crippen molar-refractivity contribution in [2.24, 2.45) is 0 Å². The number of rotatable bonds is 4. The van der Waals surface area contributed by atoms with Crippen LogP contribution in [0.1, 0.15) is 5.56 Å². The Bertz CT molecular complexity index is 702. The van der Waals surface area contributed by atoms with Gasteiger partial charge in [-0.3, -0.25) is 10.1 Å². The van der Waals surface area contributed by atoms with Gasteiger partial charge in [0.2, 0.25) is 5.91 Å². The second kappa shape index (κ2) is 7.15. The average molecular weight is 339 g/mol. The van der Waals surface area contributed by atoms with E-state index in [0.717, 1.165) is 5.56 Å². The third-order valence-corrected chi connectivity index (χ3v) is 3.51. The highest BCUT2D eigenvalue weighted by atomic mass is 35.5. The summed E-state index contributed by atoms with van der Waals surface area (Å²) in [5.74, 6) is -0.211. The summed E-state index contributed by atoms with van der Waals surface area (Å²) in [6.07, 6.45) is -0.974. The van der Waals surface area contributed by atoms with Crippen LogP contribution >= 0.6 is 23.2 Å². The Morgan fingerprint density at radius 1 is 0.909 bits per heavy atom. The van der Waals surface area contributed by atoms with E-state index >= 15 is 0 Å². The number of anilines is 2. The van der Waals surface area contributed by atoms with Crippen molar-refractivity contribution in [3.8, 4) is 0 Å². The van der Waals surface area contributed by atoms with Crippen LogP contribution in [0, 0.1) is 0 Å². The lowest BCUT2D eigenvalue weighted by atomic mass is 10.1. The van der Waals surface area contributed by atoms with Crippen LogP contribution in [0.3, 0.4) is 0 Å². The van der Waals surface area contributed by atoms with E-state index in [1.165, 1.54) is 0 Å². The van der Waals surface area contributed by atoms with Crippen LogP contribution in [0.4, 0.5) is 16.2 Å². The number of benzene rings is 2. The van der Waals surface area contributed by atoms with Gasteiger partial charge in [-0.25, -0.2) is 4.79 Å². The van der Waals surface area contributed by atoms with Crippen molar-refractivity contribution < 1.29 is 14.7 Å². The summed E-state index contributed by atoms with van der Waals surface area (Å²) in [5, 5.41) is 14.3. The molecule has 0 aliphatic heterocycles. The fourth-order valence-corrected chi connectivity index (χ4v) is 2.09. The molecule has 2 aromatic carbocycles. The number of carbonyl (C=O) groups is 2. The van der Waals surface area contributed by atoms with Crippen molar-refractivity contribution in [1.29, 1.82) is 0 Å².